The molecule has 1 aromatic carbocycles. The number of carbonyl (C=O) groups excluding carboxylic acids is 2. The average molecular weight is 381 g/mol. The molecule has 1 aliphatic heterocycles. The zero-order valence-corrected chi connectivity index (χ0v) is 15.1. The molecule has 138 valence electrons. The summed E-state index contributed by atoms with van der Waals surface area (Å²) in [5.74, 6) is -2.09. The molecule has 0 saturated carbocycles. The van der Waals surface area contributed by atoms with Crippen LogP contribution in [0.15, 0.2) is 41.0 Å². The molecule has 0 amide bonds. The maximum absolute atomic E-state index is 12.4. The highest BCUT2D eigenvalue weighted by atomic mass is 35.5. The molecule has 9 heteroatoms. The molecule has 0 spiro atoms. The van der Waals surface area contributed by atoms with E-state index in [-0.39, 0.29) is 45.9 Å². The Morgan fingerprint density at radius 1 is 1.38 bits per heavy atom. The van der Waals surface area contributed by atoms with E-state index in [0.717, 1.165) is 0 Å². The molecular formula is C17H17ClN2O6. The number of hydrogen-bond acceptors (Lipinski definition) is 7. The molecule has 0 radical (unpaired) electrons. The van der Waals surface area contributed by atoms with Gasteiger partial charge in [0.2, 0.25) is 5.88 Å². The summed E-state index contributed by atoms with van der Waals surface area (Å²) in [6, 6.07) is 4.03. The molecule has 0 saturated heterocycles. The van der Waals surface area contributed by atoms with Gasteiger partial charge in [0.25, 0.3) is 5.69 Å². The smallest absolute Gasteiger partial charge is 0.340 e. The van der Waals surface area contributed by atoms with Crippen molar-refractivity contribution in [2.75, 3.05) is 6.61 Å². The monoisotopic (exact) mass is 380 g/mol. The molecule has 2 N–H and O–H groups in total. The van der Waals surface area contributed by atoms with E-state index in [9.17, 15) is 19.7 Å². The predicted octanol–water partition coefficient (Wildman–Crippen LogP) is 2.96. The van der Waals surface area contributed by atoms with Gasteiger partial charge in [-0.25, -0.2) is 4.79 Å². The van der Waals surface area contributed by atoms with Crippen molar-refractivity contribution in [1.29, 1.82) is 0 Å². The van der Waals surface area contributed by atoms with Gasteiger partial charge in [0, 0.05) is 11.6 Å². The van der Waals surface area contributed by atoms with Gasteiger partial charge in [0.15, 0.2) is 5.78 Å². The Bertz CT molecular complexity index is 859. The molecule has 8 nitrogen and oxygen atoms in total. The number of ether oxygens (including phenoxy) is 2. The Kier molecular flexibility index (Phi) is 5.66. The molecule has 2 rings (SSSR count). The number of halogens is 1. The molecular weight excluding hydrogens is 364 g/mol. The van der Waals surface area contributed by atoms with E-state index in [1.165, 1.54) is 32.0 Å². The maximum atomic E-state index is 12.4. The van der Waals surface area contributed by atoms with Gasteiger partial charge < -0.3 is 15.2 Å². The summed E-state index contributed by atoms with van der Waals surface area (Å²) in [5, 5.41) is 11.1. The van der Waals surface area contributed by atoms with Crippen molar-refractivity contribution >= 4 is 29.0 Å². The molecule has 0 aromatic heterocycles. The second-order valence-corrected chi connectivity index (χ2v) is 5.93. The minimum atomic E-state index is -0.962. The van der Waals surface area contributed by atoms with Gasteiger partial charge in [0.1, 0.15) is 16.4 Å². The van der Waals surface area contributed by atoms with E-state index < -0.39 is 16.8 Å². The topological polar surface area (TPSA) is 122 Å². The third-order valence-corrected chi connectivity index (χ3v) is 4.18. The highest BCUT2D eigenvalue weighted by Crippen LogP contribution is 2.42. The van der Waals surface area contributed by atoms with E-state index >= 15 is 0 Å². The molecule has 0 fully saturated rings. The largest absolute Gasteiger partial charge is 0.462 e. The van der Waals surface area contributed by atoms with Crippen molar-refractivity contribution in [3.63, 3.8) is 0 Å². The van der Waals surface area contributed by atoms with Gasteiger partial charge in [0.05, 0.1) is 17.4 Å². The lowest BCUT2D eigenvalue weighted by molar-refractivity contribution is -0.384. The van der Waals surface area contributed by atoms with Gasteiger partial charge in [-0.3, -0.25) is 14.9 Å². The Morgan fingerprint density at radius 3 is 2.58 bits per heavy atom. The maximum Gasteiger partial charge on any atom is 0.340 e. The number of nitro groups is 1. The van der Waals surface area contributed by atoms with Crippen LogP contribution in [0.3, 0.4) is 0 Å². The Morgan fingerprint density at radius 2 is 2.04 bits per heavy atom. The van der Waals surface area contributed by atoms with Crippen molar-refractivity contribution < 1.29 is 24.0 Å². The molecule has 0 unspecified atom stereocenters. The third-order valence-electron chi connectivity index (χ3n) is 3.86. The van der Waals surface area contributed by atoms with E-state index in [0.29, 0.717) is 5.56 Å². The summed E-state index contributed by atoms with van der Waals surface area (Å²) in [6.45, 7) is 4.54. The Hall–Kier alpha value is -2.87. The zero-order valence-electron chi connectivity index (χ0n) is 14.4. The minimum Gasteiger partial charge on any atom is -0.462 e. The highest BCUT2D eigenvalue weighted by molar-refractivity contribution is 6.32. The van der Waals surface area contributed by atoms with Crippen LogP contribution in [0.1, 0.15) is 32.3 Å². The van der Waals surface area contributed by atoms with Crippen LogP contribution in [-0.4, -0.2) is 23.3 Å². The predicted molar refractivity (Wildman–Crippen MR) is 93.2 cm³/mol. The zero-order chi connectivity index (χ0) is 19.6. The number of nitro benzene ring substituents is 1. The van der Waals surface area contributed by atoms with Crippen molar-refractivity contribution in [1.82, 2.24) is 0 Å². The quantitative estimate of drug-likeness (QED) is 0.473. The fraction of sp³-hybridized carbons (Fsp3) is 0.294. The van der Waals surface area contributed by atoms with Gasteiger partial charge in [-0.15, -0.1) is 0 Å². The van der Waals surface area contributed by atoms with Crippen molar-refractivity contribution in [2.45, 2.75) is 26.7 Å². The number of nitrogens with zero attached hydrogens (tertiary/aromatic N) is 1. The normalized spacial score (nSPS) is 17.0. The number of ketones is 1. The Labute approximate surface area is 154 Å². The van der Waals surface area contributed by atoms with Crippen LogP contribution < -0.4 is 5.73 Å². The first kappa shape index (κ1) is 19.5. The van der Waals surface area contributed by atoms with E-state index in [4.69, 9.17) is 26.8 Å². The number of nitrogens with two attached hydrogens (primary N) is 1. The van der Waals surface area contributed by atoms with Crippen LogP contribution >= 0.6 is 11.6 Å². The van der Waals surface area contributed by atoms with Crippen LogP contribution in [-0.2, 0) is 19.1 Å². The Balaban J connectivity index is 2.73. The molecule has 0 bridgehead atoms. The molecule has 1 aromatic rings. The third kappa shape index (κ3) is 3.55. The van der Waals surface area contributed by atoms with Gasteiger partial charge in [-0.2, -0.15) is 0 Å². The molecule has 26 heavy (non-hydrogen) atoms. The first-order chi connectivity index (χ1) is 12.2. The van der Waals surface area contributed by atoms with E-state index in [1.54, 1.807) is 6.92 Å². The van der Waals surface area contributed by atoms with Crippen molar-refractivity contribution in [3.8, 4) is 0 Å². The first-order valence-electron chi connectivity index (χ1n) is 7.69. The lowest BCUT2D eigenvalue weighted by Crippen LogP contribution is -2.28. The number of hydrogen-bond donors (Lipinski definition) is 1. The van der Waals surface area contributed by atoms with E-state index in [1.807, 2.05) is 0 Å². The van der Waals surface area contributed by atoms with Gasteiger partial charge in [-0.1, -0.05) is 17.7 Å². The van der Waals surface area contributed by atoms with Crippen LogP contribution in [0.4, 0.5) is 5.69 Å². The van der Waals surface area contributed by atoms with Crippen LogP contribution in [0.5, 0.6) is 0 Å². The number of benzene rings is 1. The number of esters is 1. The summed E-state index contributed by atoms with van der Waals surface area (Å²) in [7, 11) is 0. The average Bonchev–Trinajstić information content (AvgIpc) is 2.53. The first-order valence-corrected chi connectivity index (χ1v) is 8.06. The summed E-state index contributed by atoms with van der Waals surface area (Å²) in [4.78, 5) is 35.2. The number of rotatable bonds is 5. The van der Waals surface area contributed by atoms with Crippen molar-refractivity contribution in [3.05, 3.63) is 61.7 Å². The molecule has 1 aliphatic rings. The van der Waals surface area contributed by atoms with Gasteiger partial charge >= 0.3 is 5.97 Å². The van der Waals surface area contributed by atoms with Crippen LogP contribution in [0.25, 0.3) is 0 Å². The molecule has 1 atom stereocenters. The summed E-state index contributed by atoms with van der Waals surface area (Å²) < 4.78 is 10.4. The van der Waals surface area contributed by atoms with Crippen LogP contribution in [0.2, 0.25) is 5.02 Å². The van der Waals surface area contributed by atoms with E-state index in [2.05, 4.69) is 0 Å². The molecule has 0 aliphatic carbocycles. The lowest BCUT2D eigenvalue weighted by Gasteiger charge is -2.28. The number of allylic oxidation sites excluding steroid dienone is 2. The SMILES string of the molecule is CCOC(=O)C1=C(N)OC(C)=C(C(C)=O)[C@H]1c1ccc(Cl)c([N+](=O)[O-])c1. The lowest BCUT2D eigenvalue weighted by atomic mass is 9.81. The fourth-order valence-electron chi connectivity index (χ4n) is 2.83. The number of carbonyl (C=O) groups is 2. The van der Waals surface area contributed by atoms with Crippen LogP contribution in [0, 0.1) is 10.1 Å². The summed E-state index contributed by atoms with van der Waals surface area (Å²) >= 11 is 5.86. The fourth-order valence-corrected chi connectivity index (χ4v) is 3.01. The van der Waals surface area contributed by atoms with Gasteiger partial charge in [-0.05, 0) is 32.4 Å². The number of Topliss-reactive ketones (excluding diaryl/α,β-unsaturated/α-hetero) is 1. The minimum absolute atomic E-state index is 0.0643. The standard InChI is InChI=1S/C17H17ClN2O6/c1-4-25-17(22)15-14(13(8(2)21)9(3)26-16(15)19)10-5-6-11(18)12(7-10)20(23)24/h5-7,14H,4,19H2,1-3H3/t14-/m1/s1. The molecule has 1 heterocycles. The second-order valence-electron chi connectivity index (χ2n) is 5.53. The highest BCUT2D eigenvalue weighted by Gasteiger charge is 2.38. The second kappa shape index (κ2) is 7.57. The summed E-state index contributed by atoms with van der Waals surface area (Å²) in [6.07, 6.45) is 0. The summed E-state index contributed by atoms with van der Waals surface area (Å²) in [5.41, 5.74) is 5.91. The van der Waals surface area contributed by atoms with Crippen molar-refractivity contribution in [2.24, 2.45) is 5.73 Å².